The maximum atomic E-state index is 12.5. The minimum atomic E-state index is -0.271. The molecule has 0 amide bonds. The first kappa shape index (κ1) is 12.8. The summed E-state index contributed by atoms with van der Waals surface area (Å²) < 4.78 is 0. The Morgan fingerprint density at radius 2 is 1.30 bits per heavy atom. The molecule has 3 heteroatoms. The van der Waals surface area contributed by atoms with Crippen LogP contribution >= 0.6 is 11.6 Å². The zero-order valence-electron chi connectivity index (χ0n) is 10.6. The minimum Gasteiger partial charge on any atom is -0.289 e. The molecule has 0 unspecified atom stereocenters. The Balaban J connectivity index is 2.06. The van der Waals surface area contributed by atoms with E-state index in [1.807, 2.05) is 30.3 Å². The van der Waals surface area contributed by atoms with Crippen molar-refractivity contribution in [1.82, 2.24) is 0 Å². The first-order valence-electron chi connectivity index (χ1n) is 6.29. The quantitative estimate of drug-likeness (QED) is 0.839. The average molecular weight is 283 g/mol. The molecular formula is C17H11ClO2. The van der Waals surface area contributed by atoms with Crippen LogP contribution in [0.2, 0.25) is 0 Å². The molecule has 0 spiro atoms. The predicted molar refractivity (Wildman–Crippen MR) is 78.1 cm³/mol. The van der Waals surface area contributed by atoms with Gasteiger partial charge in [-0.3, -0.25) is 9.59 Å². The van der Waals surface area contributed by atoms with Gasteiger partial charge in [0.05, 0.1) is 5.03 Å². The van der Waals surface area contributed by atoms with Crippen molar-refractivity contribution in [1.29, 1.82) is 0 Å². The van der Waals surface area contributed by atoms with Gasteiger partial charge in [-0.05, 0) is 5.56 Å². The van der Waals surface area contributed by atoms with Crippen LogP contribution in [0, 0.1) is 0 Å². The molecule has 2 aromatic rings. The minimum absolute atomic E-state index is 0.0394. The van der Waals surface area contributed by atoms with Crippen LogP contribution in [0.4, 0.5) is 0 Å². The standard InChI is InChI=1S/C17H11ClO2/c18-15-14(10-11-6-2-1-3-7-11)16(19)12-8-4-5-9-13(12)17(15)20/h1-9H,10H2. The average Bonchev–Trinajstić information content (AvgIpc) is 2.50. The van der Waals surface area contributed by atoms with Crippen LogP contribution in [0.5, 0.6) is 0 Å². The van der Waals surface area contributed by atoms with Gasteiger partial charge in [-0.15, -0.1) is 0 Å². The fourth-order valence-corrected chi connectivity index (χ4v) is 2.61. The molecule has 98 valence electrons. The number of ketones is 2. The van der Waals surface area contributed by atoms with Gasteiger partial charge in [-0.1, -0.05) is 66.2 Å². The highest BCUT2D eigenvalue weighted by molar-refractivity contribution is 6.50. The lowest BCUT2D eigenvalue weighted by atomic mass is 9.86. The molecule has 2 nitrogen and oxygen atoms in total. The van der Waals surface area contributed by atoms with Crippen molar-refractivity contribution in [2.24, 2.45) is 0 Å². The molecule has 0 atom stereocenters. The molecule has 0 radical (unpaired) electrons. The maximum absolute atomic E-state index is 12.5. The van der Waals surface area contributed by atoms with Crippen molar-refractivity contribution >= 4 is 23.2 Å². The van der Waals surface area contributed by atoms with E-state index < -0.39 is 0 Å². The number of allylic oxidation sites excluding steroid dienone is 2. The van der Waals surface area contributed by atoms with E-state index >= 15 is 0 Å². The number of Topliss-reactive ketones (excluding diaryl/α,β-unsaturated/α-hetero) is 2. The number of carbonyl (C=O) groups is 2. The summed E-state index contributed by atoms with van der Waals surface area (Å²) in [5.41, 5.74) is 2.16. The fourth-order valence-electron chi connectivity index (χ4n) is 2.35. The van der Waals surface area contributed by atoms with Crippen molar-refractivity contribution in [2.75, 3.05) is 0 Å². The Bertz CT molecular complexity index is 730. The second-order valence-corrected chi connectivity index (χ2v) is 5.04. The van der Waals surface area contributed by atoms with Gasteiger partial charge >= 0.3 is 0 Å². The molecule has 0 heterocycles. The predicted octanol–water partition coefficient (Wildman–Crippen LogP) is 3.80. The van der Waals surface area contributed by atoms with Gasteiger partial charge in [0.25, 0.3) is 0 Å². The summed E-state index contributed by atoms with van der Waals surface area (Å²) in [7, 11) is 0. The van der Waals surface area contributed by atoms with Crippen molar-refractivity contribution in [3.05, 3.63) is 81.9 Å². The molecule has 20 heavy (non-hydrogen) atoms. The molecule has 3 rings (SSSR count). The van der Waals surface area contributed by atoms with Gasteiger partial charge in [0.15, 0.2) is 5.78 Å². The van der Waals surface area contributed by atoms with Crippen LogP contribution in [0.15, 0.2) is 65.2 Å². The van der Waals surface area contributed by atoms with Crippen LogP contribution in [-0.4, -0.2) is 11.6 Å². The number of benzene rings is 2. The van der Waals surface area contributed by atoms with Gasteiger partial charge in [0.1, 0.15) is 0 Å². The Morgan fingerprint density at radius 1 is 0.750 bits per heavy atom. The number of carbonyl (C=O) groups excluding carboxylic acids is 2. The lowest BCUT2D eigenvalue weighted by Gasteiger charge is -2.17. The topological polar surface area (TPSA) is 34.1 Å². The zero-order valence-corrected chi connectivity index (χ0v) is 11.4. The van der Waals surface area contributed by atoms with Crippen molar-refractivity contribution in [3.8, 4) is 0 Å². The molecular weight excluding hydrogens is 272 g/mol. The van der Waals surface area contributed by atoms with Crippen LogP contribution in [-0.2, 0) is 6.42 Å². The molecule has 0 saturated carbocycles. The molecule has 1 aliphatic carbocycles. The molecule has 0 aromatic heterocycles. The van der Waals surface area contributed by atoms with E-state index in [4.69, 9.17) is 11.6 Å². The van der Waals surface area contributed by atoms with Crippen LogP contribution in [0.3, 0.4) is 0 Å². The molecule has 0 saturated heterocycles. The van der Waals surface area contributed by atoms with E-state index in [0.29, 0.717) is 23.1 Å². The highest BCUT2D eigenvalue weighted by atomic mass is 35.5. The van der Waals surface area contributed by atoms with E-state index in [2.05, 4.69) is 0 Å². The molecule has 0 N–H and O–H groups in total. The molecule has 0 bridgehead atoms. The first-order chi connectivity index (χ1) is 9.68. The second-order valence-electron chi connectivity index (χ2n) is 4.66. The van der Waals surface area contributed by atoms with E-state index in [-0.39, 0.29) is 16.6 Å². The van der Waals surface area contributed by atoms with Crippen LogP contribution in [0.25, 0.3) is 0 Å². The summed E-state index contributed by atoms with van der Waals surface area (Å²) in [5, 5.41) is 0.0394. The highest BCUT2D eigenvalue weighted by Gasteiger charge is 2.30. The van der Waals surface area contributed by atoms with E-state index in [1.54, 1.807) is 24.3 Å². The summed E-state index contributed by atoms with van der Waals surface area (Å²) in [5.74, 6) is -0.429. The maximum Gasteiger partial charge on any atom is 0.205 e. The first-order valence-corrected chi connectivity index (χ1v) is 6.67. The zero-order chi connectivity index (χ0) is 14.1. The van der Waals surface area contributed by atoms with Crippen molar-refractivity contribution < 1.29 is 9.59 Å². The number of hydrogen-bond acceptors (Lipinski definition) is 2. The number of halogens is 1. The third-order valence-corrected chi connectivity index (χ3v) is 3.78. The van der Waals surface area contributed by atoms with Crippen LogP contribution < -0.4 is 0 Å². The summed E-state index contributed by atoms with van der Waals surface area (Å²) >= 11 is 6.11. The van der Waals surface area contributed by atoms with Gasteiger partial charge in [-0.2, -0.15) is 0 Å². The van der Waals surface area contributed by atoms with Gasteiger partial charge in [0.2, 0.25) is 5.78 Å². The Kier molecular flexibility index (Phi) is 3.25. The molecule has 1 aliphatic rings. The van der Waals surface area contributed by atoms with E-state index in [9.17, 15) is 9.59 Å². The van der Waals surface area contributed by atoms with Gasteiger partial charge in [-0.25, -0.2) is 0 Å². The Morgan fingerprint density at radius 3 is 1.95 bits per heavy atom. The third kappa shape index (κ3) is 2.08. The summed E-state index contributed by atoms with van der Waals surface area (Å²) in [6.45, 7) is 0. The van der Waals surface area contributed by atoms with Gasteiger partial charge < -0.3 is 0 Å². The lowest BCUT2D eigenvalue weighted by Crippen LogP contribution is -2.21. The normalized spacial score (nSPS) is 14.4. The SMILES string of the molecule is O=C1C(Cl)=C(Cc2ccccc2)C(=O)c2ccccc21. The number of hydrogen-bond donors (Lipinski definition) is 0. The molecule has 2 aromatic carbocycles. The Labute approximate surface area is 121 Å². The van der Waals surface area contributed by atoms with Crippen molar-refractivity contribution in [3.63, 3.8) is 0 Å². The number of fused-ring (bicyclic) bond motifs is 1. The fraction of sp³-hybridized carbons (Fsp3) is 0.0588. The summed E-state index contributed by atoms with van der Waals surface area (Å²) in [4.78, 5) is 24.7. The largest absolute Gasteiger partial charge is 0.289 e. The Hall–Kier alpha value is -2.19. The molecule has 0 aliphatic heterocycles. The molecule has 0 fully saturated rings. The monoisotopic (exact) mass is 282 g/mol. The summed E-state index contributed by atoms with van der Waals surface area (Å²) in [6, 6.07) is 16.3. The van der Waals surface area contributed by atoms with E-state index in [0.717, 1.165) is 5.56 Å². The highest BCUT2D eigenvalue weighted by Crippen LogP contribution is 2.30. The second kappa shape index (κ2) is 5.06. The lowest BCUT2D eigenvalue weighted by molar-refractivity contribution is 0.0979. The van der Waals surface area contributed by atoms with Crippen LogP contribution in [0.1, 0.15) is 26.3 Å². The summed E-state index contributed by atoms with van der Waals surface area (Å²) in [6.07, 6.45) is 0.374. The smallest absolute Gasteiger partial charge is 0.205 e. The van der Waals surface area contributed by atoms with Gasteiger partial charge in [0, 0.05) is 23.1 Å². The van der Waals surface area contributed by atoms with Crippen molar-refractivity contribution in [2.45, 2.75) is 6.42 Å². The third-order valence-electron chi connectivity index (χ3n) is 3.38. The number of rotatable bonds is 2. The van der Waals surface area contributed by atoms with E-state index in [1.165, 1.54) is 0 Å².